The fraction of sp³-hybridized carbons (Fsp3) is 0.250. The first-order chi connectivity index (χ1) is 9.58. The van der Waals surface area contributed by atoms with Crippen molar-refractivity contribution in [1.29, 1.82) is 0 Å². The predicted molar refractivity (Wildman–Crippen MR) is 82.5 cm³/mol. The Morgan fingerprint density at radius 1 is 1.00 bits per heavy atom. The standard InChI is InChI=1S/C16H17BrO3/c1-10-8-14(19-2)15(20-3)9-12(10)16(18)11-6-4-5-7-13(11)17/h4-9,16,18H,1-3H3. The van der Waals surface area contributed by atoms with Crippen molar-refractivity contribution in [2.45, 2.75) is 13.0 Å². The molecule has 4 heteroatoms. The van der Waals surface area contributed by atoms with Crippen LogP contribution in [0.4, 0.5) is 0 Å². The van der Waals surface area contributed by atoms with Gasteiger partial charge in [0.05, 0.1) is 14.2 Å². The Hall–Kier alpha value is -1.52. The maximum absolute atomic E-state index is 10.6. The van der Waals surface area contributed by atoms with Crippen LogP contribution in [0.25, 0.3) is 0 Å². The molecule has 0 fully saturated rings. The highest BCUT2D eigenvalue weighted by molar-refractivity contribution is 9.10. The van der Waals surface area contributed by atoms with Crippen molar-refractivity contribution in [3.63, 3.8) is 0 Å². The van der Waals surface area contributed by atoms with E-state index in [0.29, 0.717) is 11.5 Å². The van der Waals surface area contributed by atoms with Gasteiger partial charge >= 0.3 is 0 Å². The number of benzene rings is 2. The molecule has 2 rings (SSSR count). The monoisotopic (exact) mass is 336 g/mol. The lowest BCUT2D eigenvalue weighted by molar-refractivity contribution is 0.218. The summed E-state index contributed by atoms with van der Waals surface area (Å²) in [5, 5.41) is 10.6. The Morgan fingerprint density at radius 3 is 2.20 bits per heavy atom. The van der Waals surface area contributed by atoms with Gasteiger partial charge in [-0.15, -0.1) is 0 Å². The fourth-order valence-electron chi connectivity index (χ4n) is 2.16. The molecule has 0 aromatic heterocycles. The minimum atomic E-state index is -0.717. The van der Waals surface area contributed by atoms with Crippen molar-refractivity contribution >= 4 is 15.9 Å². The van der Waals surface area contributed by atoms with E-state index in [-0.39, 0.29) is 0 Å². The number of halogens is 1. The minimum Gasteiger partial charge on any atom is -0.493 e. The molecule has 0 radical (unpaired) electrons. The second-order valence-corrected chi connectivity index (χ2v) is 5.34. The first kappa shape index (κ1) is 14.9. The summed E-state index contributed by atoms with van der Waals surface area (Å²) >= 11 is 3.47. The van der Waals surface area contributed by atoms with Gasteiger partial charge < -0.3 is 14.6 Å². The van der Waals surface area contributed by atoms with Crippen LogP contribution in [0, 0.1) is 6.92 Å². The van der Waals surface area contributed by atoms with Gasteiger partial charge in [-0.25, -0.2) is 0 Å². The van der Waals surface area contributed by atoms with Crippen LogP contribution in [-0.2, 0) is 0 Å². The van der Waals surface area contributed by atoms with Gasteiger partial charge in [0.15, 0.2) is 11.5 Å². The van der Waals surface area contributed by atoms with Crippen molar-refractivity contribution in [2.75, 3.05) is 14.2 Å². The van der Waals surface area contributed by atoms with E-state index in [1.165, 1.54) is 0 Å². The molecule has 0 aliphatic rings. The van der Waals surface area contributed by atoms with Crippen molar-refractivity contribution in [1.82, 2.24) is 0 Å². The molecule has 0 saturated heterocycles. The normalized spacial score (nSPS) is 12.1. The van der Waals surface area contributed by atoms with Gasteiger partial charge in [0.2, 0.25) is 0 Å². The van der Waals surface area contributed by atoms with Gasteiger partial charge in [0.25, 0.3) is 0 Å². The Kier molecular flexibility index (Phi) is 4.68. The first-order valence-electron chi connectivity index (χ1n) is 6.23. The molecule has 20 heavy (non-hydrogen) atoms. The zero-order valence-electron chi connectivity index (χ0n) is 11.7. The van der Waals surface area contributed by atoms with Gasteiger partial charge in [-0.2, -0.15) is 0 Å². The molecule has 1 N–H and O–H groups in total. The Morgan fingerprint density at radius 2 is 1.60 bits per heavy atom. The molecular formula is C16H17BrO3. The summed E-state index contributed by atoms with van der Waals surface area (Å²) in [5.41, 5.74) is 2.57. The van der Waals surface area contributed by atoms with E-state index < -0.39 is 6.10 Å². The Labute approximate surface area is 127 Å². The molecule has 2 aromatic rings. The van der Waals surface area contributed by atoms with Crippen molar-refractivity contribution in [3.8, 4) is 11.5 Å². The third-order valence-electron chi connectivity index (χ3n) is 3.27. The van der Waals surface area contributed by atoms with E-state index in [1.807, 2.05) is 43.3 Å². The molecule has 3 nitrogen and oxygen atoms in total. The second-order valence-electron chi connectivity index (χ2n) is 4.49. The molecule has 0 spiro atoms. The molecule has 106 valence electrons. The average Bonchev–Trinajstić information content (AvgIpc) is 2.46. The van der Waals surface area contributed by atoms with Crippen LogP contribution in [0.5, 0.6) is 11.5 Å². The van der Waals surface area contributed by atoms with Gasteiger partial charge in [0, 0.05) is 4.47 Å². The molecule has 2 aromatic carbocycles. The summed E-state index contributed by atoms with van der Waals surface area (Å²) in [6.07, 6.45) is -0.717. The number of aryl methyl sites for hydroxylation is 1. The summed E-state index contributed by atoms with van der Waals surface area (Å²) in [7, 11) is 3.18. The molecule has 1 unspecified atom stereocenters. The molecule has 0 aliphatic carbocycles. The molecule has 0 amide bonds. The highest BCUT2D eigenvalue weighted by Crippen LogP contribution is 2.36. The van der Waals surface area contributed by atoms with Gasteiger partial charge in [-0.05, 0) is 41.8 Å². The lowest BCUT2D eigenvalue weighted by Crippen LogP contribution is -2.04. The number of hydrogen-bond acceptors (Lipinski definition) is 3. The third kappa shape index (κ3) is 2.81. The van der Waals surface area contributed by atoms with Crippen LogP contribution in [0.1, 0.15) is 22.8 Å². The smallest absolute Gasteiger partial charge is 0.161 e. The van der Waals surface area contributed by atoms with E-state index in [1.54, 1.807) is 14.2 Å². The third-order valence-corrected chi connectivity index (χ3v) is 3.99. The number of rotatable bonds is 4. The van der Waals surface area contributed by atoms with Crippen LogP contribution in [-0.4, -0.2) is 19.3 Å². The molecule has 0 bridgehead atoms. The van der Waals surface area contributed by atoms with Gasteiger partial charge in [-0.1, -0.05) is 34.1 Å². The summed E-state index contributed by atoms with van der Waals surface area (Å²) in [5.74, 6) is 1.27. The quantitative estimate of drug-likeness (QED) is 0.921. The van der Waals surface area contributed by atoms with E-state index in [9.17, 15) is 5.11 Å². The van der Waals surface area contributed by atoms with Crippen LogP contribution in [0.15, 0.2) is 40.9 Å². The zero-order chi connectivity index (χ0) is 14.7. The van der Waals surface area contributed by atoms with Crippen LogP contribution in [0.2, 0.25) is 0 Å². The van der Waals surface area contributed by atoms with E-state index in [0.717, 1.165) is 21.2 Å². The number of methoxy groups -OCH3 is 2. The lowest BCUT2D eigenvalue weighted by atomic mass is 9.97. The van der Waals surface area contributed by atoms with Crippen LogP contribution in [0.3, 0.4) is 0 Å². The van der Waals surface area contributed by atoms with E-state index in [2.05, 4.69) is 15.9 Å². The van der Waals surface area contributed by atoms with Crippen LogP contribution < -0.4 is 9.47 Å². The van der Waals surface area contributed by atoms with Gasteiger partial charge in [0.1, 0.15) is 6.10 Å². The highest BCUT2D eigenvalue weighted by atomic mass is 79.9. The van der Waals surface area contributed by atoms with Crippen LogP contribution >= 0.6 is 15.9 Å². The maximum Gasteiger partial charge on any atom is 0.161 e. The van der Waals surface area contributed by atoms with Gasteiger partial charge in [-0.3, -0.25) is 0 Å². The number of hydrogen-bond donors (Lipinski definition) is 1. The zero-order valence-corrected chi connectivity index (χ0v) is 13.3. The largest absolute Gasteiger partial charge is 0.493 e. The number of aliphatic hydroxyl groups excluding tert-OH is 1. The highest BCUT2D eigenvalue weighted by Gasteiger charge is 2.18. The Balaban J connectivity index is 2.50. The van der Waals surface area contributed by atoms with Crippen molar-refractivity contribution in [2.24, 2.45) is 0 Å². The summed E-state index contributed by atoms with van der Waals surface area (Å²) in [6.45, 7) is 1.94. The molecule has 0 heterocycles. The van der Waals surface area contributed by atoms with Crippen molar-refractivity contribution < 1.29 is 14.6 Å². The summed E-state index contributed by atoms with van der Waals surface area (Å²) in [4.78, 5) is 0. The van der Waals surface area contributed by atoms with Crippen molar-refractivity contribution in [3.05, 3.63) is 57.6 Å². The average molecular weight is 337 g/mol. The molecule has 1 atom stereocenters. The maximum atomic E-state index is 10.6. The fourth-order valence-corrected chi connectivity index (χ4v) is 2.66. The topological polar surface area (TPSA) is 38.7 Å². The second kappa shape index (κ2) is 6.29. The van der Waals surface area contributed by atoms with E-state index in [4.69, 9.17) is 9.47 Å². The number of aliphatic hydroxyl groups is 1. The molecular weight excluding hydrogens is 320 g/mol. The lowest BCUT2D eigenvalue weighted by Gasteiger charge is -2.18. The summed E-state index contributed by atoms with van der Waals surface area (Å²) < 4.78 is 11.4. The molecule has 0 aliphatic heterocycles. The predicted octanol–water partition coefficient (Wildman–Crippen LogP) is 3.86. The summed E-state index contributed by atoms with van der Waals surface area (Å²) in [6, 6.07) is 11.3. The number of ether oxygens (including phenoxy) is 2. The molecule has 0 saturated carbocycles. The SMILES string of the molecule is COc1cc(C)c(C(O)c2ccccc2Br)cc1OC. The Bertz CT molecular complexity index is 611. The van der Waals surface area contributed by atoms with E-state index >= 15 is 0 Å². The minimum absolute atomic E-state index is 0.610. The first-order valence-corrected chi connectivity index (χ1v) is 7.02.